The molecule has 6 heteroatoms. The molecule has 0 aliphatic heterocycles. The quantitative estimate of drug-likeness (QED) is 0.633. The first-order valence-electron chi connectivity index (χ1n) is 7.34. The van der Waals surface area contributed by atoms with Gasteiger partial charge >= 0.3 is 0 Å². The van der Waals surface area contributed by atoms with Crippen molar-refractivity contribution in [3.05, 3.63) is 75.8 Å². The molecule has 6 nitrogen and oxygen atoms in total. The standard InChI is InChI=1S/C17H19N3O3/c1-12(2)16(13-8-10-15(11-9-13)20(22)23)18-19-17(21)14-6-4-3-5-7-14/h3-12,16,18H,1-2H3,(H,19,21)/t16-/m0/s1. The largest absolute Gasteiger partial charge is 0.287 e. The van der Waals surface area contributed by atoms with E-state index in [-0.39, 0.29) is 23.6 Å². The van der Waals surface area contributed by atoms with E-state index in [9.17, 15) is 14.9 Å². The van der Waals surface area contributed by atoms with Crippen LogP contribution in [0.4, 0.5) is 5.69 Å². The van der Waals surface area contributed by atoms with Crippen molar-refractivity contribution in [2.75, 3.05) is 0 Å². The number of nitro benzene ring substituents is 1. The van der Waals surface area contributed by atoms with E-state index in [0.29, 0.717) is 5.56 Å². The van der Waals surface area contributed by atoms with Crippen LogP contribution in [0.1, 0.15) is 35.8 Å². The van der Waals surface area contributed by atoms with Crippen LogP contribution in [0.5, 0.6) is 0 Å². The van der Waals surface area contributed by atoms with Crippen LogP contribution in [-0.4, -0.2) is 10.8 Å². The number of rotatable bonds is 6. The van der Waals surface area contributed by atoms with Gasteiger partial charge in [0.25, 0.3) is 11.6 Å². The number of hydrogen-bond donors (Lipinski definition) is 2. The molecule has 2 aromatic carbocycles. The molecule has 0 aromatic heterocycles. The Morgan fingerprint density at radius 2 is 1.65 bits per heavy atom. The number of carbonyl (C=O) groups is 1. The maximum atomic E-state index is 12.1. The molecule has 0 saturated heterocycles. The van der Waals surface area contributed by atoms with E-state index in [1.165, 1.54) is 12.1 Å². The first kappa shape index (κ1) is 16.6. The van der Waals surface area contributed by atoms with E-state index in [1.54, 1.807) is 36.4 Å². The van der Waals surface area contributed by atoms with Gasteiger partial charge in [-0.3, -0.25) is 20.3 Å². The molecule has 0 heterocycles. The average Bonchev–Trinajstić information content (AvgIpc) is 2.55. The maximum Gasteiger partial charge on any atom is 0.269 e. The van der Waals surface area contributed by atoms with Crippen LogP contribution in [0.15, 0.2) is 54.6 Å². The van der Waals surface area contributed by atoms with Gasteiger partial charge in [-0.2, -0.15) is 0 Å². The van der Waals surface area contributed by atoms with Crippen molar-refractivity contribution in [2.45, 2.75) is 19.9 Å². The topological polar surface area (TPSA) is 84.3 Å². The summed E-state index contributed by atoms with van der Waals surface area (Å²) in [5.74, 6) is -0.0364. The molecule has 0 radical (unpaired) electrons. The number of carbonyl (C=O) groups excluding carboxylic acids is 1. The zero-order valence-corrected chi connectivity index (χ0v) is 13.0. The van der Waals surface area contributed by atoms with E-state index in [4.69, 9.17) is 0 Å². The number of benzene rings is 2. The van der Waals surface area contributed by atoms with Crippen LogP contribution >= 0.6 is 0 Å². The minimum absolute atomic E-state index is 0.0459. The van der Waals surface area contributed by atoms with Crippen LogP contribution in [-0.2, 0) is 0 Å². The molecule has 0 saturated carbocycles. The average molecular weight is 313 g/mol. The lowest BCUT2D eigenvalue weighted by Crippen LogP contribution is -2.41. The van der Waals surface area contributed by atoms with E-state index in [1.807, 2.05) is 19.9 Å². The number of amides is 1. The molecular formula is C17H19N3O3. The van der Waals surface area contributed by atoms with Gasteiger partial charge in [0, 0.05) is 17.7 Å². The predicted octanol–water partition coefficient (Wildman–Crippen LogP) is 3.23. The fraction of sp³-hybridized carbons (Fsp3) is 0.235. The number of hydrogen-bond acceptors (Lipinski definition) is 4. The number of nitrogens with zero attached hydrogens (tertiary/aromatic N) is 1. The van der Waals surface area contributed by atoms with E-state index in [2.05, 4.69) is 10.9 Å². The smallest absolute Gasteiger partial charge is 0.269 e. The summed E-state index contributed by atoms with van der Waals surface area (Å²) in [7, 11) is 0. The molecule has 0 spiro atoms. The Labute approximate surface area is 134 Å². The summed E-state index contributed by atoms with van der Waals surface area (Å²) >= 11 is 0. The lowest BCUT2D eigenvalue weighted by Gasteiger charge is -2.23. The molecule has 0 aliphatic rings. The van der Waals surface area contributed by atoms with Gasteiger partial charge < -0.3 is 0 Å². The normalized spacial score (nSPS) is 12.0. The van der Waals surface area contributed by atoms with Crippen LogP contribution < -0.4 is 10.9 Å². The number of nitro groups is 1. The molecule has 0 fully saturated rings. The summed E-state index contributed by atoms with van der Waals surface area (Å²) in [4.78, 5) is 22.4. The molecule has 0 bridgehead atoms. The molecule has 120 valence electrons. The predicted molar refractivity (Wildman–Crippen MR) is 87.7 cm³/mol. The Kier molecular flexibility index (Phi) is 5.43. The first-order valence-corrected chi connectivity index (χ1v) is 7.34. The molecule has 1 amide bonds. The highest BCUT2D eigenvalue weighted by Crippen LogP contribution is 2.23. The lowest BCUT2D eigenvalue weighted by molar-refractivity contribution is -0.384. The van der Waals surface area contributed by atoms with Crippen LogP contribution in [0.2, 0.25) is 0 Å². The van der Waals surface area contributed by atoms with Gasteiger partial charge in [0.15, 0.2) is 0 Å². The van der Waals surface area contributed by atoms with Gasteiger partial charge in [0.2, 0.25) is 0 Å². The second-order valence-corrected chi connectivity index (χ2v) is 5.53. The molecular weight excluding hydrogens is 294 g/mol. The van der Waals surface area contributed by atoms with E-state index < -0.39 is 4.92 Å². The Hall–Kier alpha value is -2.73. The van der Waals surface area contributed by atoms with Crippen molar-refractivity contribution in [2.24, 2.45) is 5.92 Å². The summed E-state index contributed by atoms with van der Waals surface area (Å²) in [6, 6.07) is 15.1. The fourth-order valence-corrected chi connectivity index (χ4v) is 2.24. The number of non-ortho nitro benzene ring substituents is 1. The molecule has 2 N–H and O–H groups in total. The molecule has 2 rings (SSSR count). The molecule has 1 atom stereocenters. The van der Waals surface area contributed by atoms with Gasteiger partial charge in [-0.05, 0) is 23.6 Å². The summed E-state index contributed by atoms with van der Waals surface area (Å²) in [6.45, 7) is 4.02. The minimum Gasteiger partial charge on any atom is -0.287 e. The van der Waals surface area contributed by atoms with Gasteiger partial charge in [-0.1, -0.05) is 44.2 Å². The Bertz CT molecular complexity index is 669. The lowest BCUT2D eigenvalue weighted by atomic mass is 9.96. The molecule has 23 heavy (non-hydrogen) atoms. The van der Waals surface area contributed by atoms with Gasteiger partial charge in [0.1, 0.15) is 0 Å². The third-order valence-electron chi connectivity index (χ3n) is 3.51. The SMILES string of the molecule is CC(C)[C@H](NNC(=O)c1ccccc1)c1ccc([N+](=O)[O-])cc1. The highest BCUT2D eigenvalue weighted by atomic mass is 16.6. The summed E-state index contributed by atoms with van der Waals surface area (Å²) < 4.78 is 0. The van der Waals surface area contributed by atoms with Crippen molar-refractivity contribution >= 4 is 11.6 Å². The summed E-state index contributed by atoms with van der Waals surface area (Å²) in [5.41, 5.74) is 7.19. The van der Waals surface area contributed by atoms with Crippen LogP contribution in [0, 0.1) is 16.0 Å². The van der Waals surface area contributed by atoms with Crippen molar-refractivity contribution in [3.8, 4) is 0 Å². The van der Waals surface area contributed by atoms with Gasteiger partial charge in [-0.15, -0.1) is 0 Å². The summed E-state index contributed by atoms with van der Waals surface area (Å²) in [6.07, 6.45) is 0. The third kappa shape index (κ3) is 4.37. The van der Waals surface area contributed by atoms with Crippen molar-refractivity contribution in [1.29, 1.82) is 0 Å². The van der Waals surface area contributed by atoms with E-state index >= 15 is 0 Å². The second kappa shape index (κ2) is 7.51. The van der Waals surface area contributed by atoms with Crippen LogP contribution in [0.3, 0.4) is 0 Å². The Morgan fingerprint density at radius 1 is 1.04 bits per heavy atom. The summed E-state index contributed by atoms with van der Waals surface area (Å²) in [5, 5.41) is 10.7. The molecule has 0 aliphatic carbocycles. The highest BCUT2D eigenvalue weighted by Gasteiger charge is 2.18. The zero-order chi connectivity index (χ0) is 16.8. The Balaban J connectivity index is 2.07. The van der Waals surface area contributed by atoms with E-state index in [0.717, 1.165) is 5.56 Å². The Morgan fingerprint density at radius 3 is 2.17 bits per heavy atom. The van der Waals surface area contributed by atoms with Gasteiger partial charge in [-0.25, -0.2) is 5.43 Å². The zero-order valence-electron chi connectivity index (χ0n) is 13.0. The molecule has 0 unspecified atom stereocenters. The van der Waals surface area contributed by atoms with Crippen molar-refractivity contribution in [3.63, 3.8) is 0 Å². The molecule has 2 aromatic rings. The van der Waals surface area contributed by atoms with Crippen molar-refractivity contribution in [1.82, 2.24) is 10.9 Å². The third-order valence-corrected chi connectivity index (χ3v) is 3.51. The van der Waals surface area contributed by atoms with Gasteiger partial charge in [0.05, 0.1) is 11.0 Å². The maximum absolute atomic E-state index is 12.1. The van der Waals surface area contributed by atoms with Crippen molar-refractivity contribution < 1.29 is 9.72 Å². The van der Waals surface area contributed by atoms with Crippen LogP contribution in [0.25, 0.3) is 0 Å². The number of hydrazine groups is 1. The highest BCUT2D eigenvalue weighted by molar-refractivity contribution is 5.93. The second-order valence-electron chi connectivity index (χ2n) is 5.53. The monoisotopic (exact) mass is 313 g/mol. The minimum atomic E-state index is -0.432. The number of nitrogens with one attached hydrogen (secondary N) is 2. The first-order chi connectivity index (χ1) is 11.0. The fourth-order valence-electron chi connectivity index (χ4n) is 2.24.